The second kappa shape index (κ2) is 11.5. The van der Waals surface area contributed by atoms with Crippen molar-refractivity contribution in [2.75, 3.05) is 6.54 Å². The van der Waals surface area contributed by atoms with Gasteiger partial charge in [0, 0.05) is 29.0 Å². The molecule has 1 unspecified atom stereocenters. The van der Waals surface area contributed by atoms with Crippen molar-refractivity contribution in [2.24, 2.45) is 0 Å². The molecule has 0 aliphatic heterocycles. The van der Waals surface area contributed by atoms with E-state index in [-0.39, 0.29) is 29.7 Å². The van der Waals surface area contributed by atoms with Gasteiger partial charge in [-0.25, -0.2) is 12.8 Å². The molecule has 1 amide bonds. The van der Waals surface area contributed by atoms with Crippen LogP contribution in [0.2, 0.25) is 0 Å². The Morgan fingerprint density at radius 1 is 1.05 bits per heavy atom. The van der Waals surface area contributed by atoms with Crippen LogP contribution in [0.1, 0.15) is 36.3 Å². The van der Waals surface area contributed by atoms with Crippen molar-refractivity contribution in [3.63, 3.8) is 0 Å². The van der Waals surface area contributed by atoms with Crippen molar-refractivity contribution < 1.29 is 17.6 Å². The molecule has 0 fully saturated rings. The molecule has 4 aromatic rings. The summed E-state index contributed by atoms with van der Waals surface area (Å²) in [5.41, 5.74) is 2.21. The van der Waals surface area contributed by atoms with Crippen molar-refractivity contribution in [3.05, 3.63) is 94.1 Å². The molecular weight excluding hydrogens is 509 g/mol. The molecule has 0 radical (unpaired) electrons. The Balaban J connectivity index is 1.68. The second-order valence-corrected chi connectivity index (χ2v) is 11.9. The van der Waals surface area contributed by atoms with Gasteiger partial charge in [-0.2, -0.15) is 4.31 Å². The fourth-order valence-electron chi connectivity index (χ4n) is 4.11. The number of nitrogens with zero attached hydrogens (tertiary/aromatic N) is 3. The molecule has 0 aliphatic carbocycles. The number of amides is 1. The highest BCUT2D eigenvalue weighted by atomic mass is 32.2. The van der Waals surface area contributed by atoms with E-state index in [9.17, 15) is 17.6 Å². The minimum absolute atomic E-state index is 0.0814. The zero-order valence-corrected chi connectivity index (χ0v) is 22.7. The molecule has 194 valence electrons. The molecule has 2 aromatic carbocycles. The lowest BCUT2D eigenvalue weighted by Gasteiger charge is -2.30. The van der Waals surface area contributed by atoms with Gasteiger partial charge in [0.1, 0.15) is 10.7 Å². The summed E-state index contributed by atoms with van der Waals surface area (Å²) in [6.45, 7) is 5.94. The average Bonchev–Trinajstić information content (AvgIpc) is 3.31. The Morgan fingerprint density at radius 3 is 2.46 bits per heavy atom. The van der Waals surface area contributed by atoms with E-state index in [0.717, 1.165) is 16.0 Å². The van der Waals surface area contributed by atoms with Crippen molar-refractivity contribution in [2.45, 2.75) is 51.2 Å². The van der Waals surface area contributed by atoms with Gasteiger partial charge in [0.15, 0.2) is 0 Å². The molecule has 0 bridgehead atoms. The minimum atomic E-state index is -4.04. The number of halogens is 1. The lowest BCUT2D eigenvalue weighted by atomic mass is 10.2. The third-order valence-electron chi connectivity index (χ3n) is 6.50. The number of hydrogen-bond acceptors (Lipinski definition) is 5. The Bertz CT molecular complexity index is 1480. The maximum absolute atomic E-state index is 13.9. The molecule has 4 rings (SSSR count). The molecule has 0 N–H and O–H groups in total. The average molecular weight is 540 g/mol. The topological polar surface area (TPSA) is 70.6 Å². The quantitative estimate of drug-likeness (QED) is 0.257. The predicted octanol–water partition coefficient (Wildman–Crippen LogP) is 5.76. The fourth-order valence-corrected chi connectivity index (χ4v) is 6.85. The van der Waals surface area contributed by atoms with Gasteiger partial charge in [0.25, 0.3) is 0 Å². The van der Waals surface area contributed by atoms with Crippen molar-refractivity contribution in [1.29, 1.82) is 0 Å². The first kappa shape index (κ1) is 26.9. The SMILES string of the molecule is CCC(C)N(CC(=O)N(Cc1ccc(F)cc1)Cc1sccc1C)S(=O)(=O)c1cccc2cccnc12. The van der Waals surface area contributed by atoms with Gasteiger partial charge in [-0.05, 0) is 67.1 Å². The summed E-state index contributed by atoms with van der Waals surface area (Å²) >= 11 is 1.55. The molecule has 2 heterocycles. The number of benzene rings is 2. The number of pyridine rings is 1. The standard InChI is InChI=1S/C28H30FN3O3S2/c1-4-21(3)32(37(34,35)26-9-5-7-23-8-6-15-30-28(23)26)19-27(33)31(18-25-20(2)14-16-36-25)17-22-10-12-24(29)13-11-22/h5-16,21H,4,17-19H2,1-3H3. The summed E-state index contributed by atoms with van der Waals surface area (Å²) in [5, 5.41) is 2.68. The van der Waals surface area contributed by atoms with Gasteiger partial charge >= 0.3 is 0 Å². The molecule has 2 aromatic heterocycles. The Morgan fingerprint density at radius 2 is 1.78 bits per heavy atom. The summed E-state index contributed by atoms with van der Waals surface area (Å²) in [6.07, 6.45) is 2.10. The number of carbonyl (C=O) groups is 1. The predicted molar refractivity (Wildman–Crippen MR) is 145 cm³/mol. The molecule has 1 atom stereocenters. The first-order valence-electron chi connectivity index (χ1n) is 12.1. The summed E-state index contributed by atoms with van der Waals surface area (Å²) < 4.78 is 42.7. The fraction of sp³-hybridized carbons (Fsp3) is 0.286. The number of fused-ring (bicyclic) bond motifs is 1. The molecule has 9 heteroatoms. The van der Waals surface area contributed by atoms with Crippen LogP contribution in [0.4, 0.5) is 4.39 Å². The van der Waals surface area contributed by atoms with Gasteiger partial charge in [0.2, 0.25) is 15.9 Å². The summed E-state index contributed by atoms with van der Waals surface area (Å²) in [4.78, 5) is 20.8. The maximum Gasteiger partial charge on any atom is 0.245 e. The molecule has 0 aliphatic rings. The Labute approximate surface area is 221 Å². The van der Waals surface area contributed by atoms with Gasteiger partial charge in [0.05, 0.1) is 18.6 Å². The number of rotatable bonds is 10. The van der Waals surface area contributed by atoms with Crippen LogP contribution in [0.15, 0.2) is 77.1 Å². The third kappa shape index (κ3) is 6.06. The highest BCUT2D eigenvalue weighted by molar-refractivity contribution is 7.89. The highest BCUT2D eigenvalue weighted by Crippen LogP contribution is 2.27. The van der Waals surface area contributed by atoms with E-state index in [1.54, 1.807) is 53.6 Å². The molecule has 0 spiro atoms. The number of aromatic nitrogens is 1. The van der Waals surface area contributed by atoms with Crippen LogP contribution < -0.4 is 0 Å². The van der Waals surface area contributed by atoms with E-state index in [2.05, 4.69) is 4.98 Å². The number of hydrogen-bond donors (Lipinski definition) is 0. The maximum atomic E-state index is 13.9. The molecular formula is C28H30FN3O3S2. The molecule has 6 nitrogen and oxygen atoms in total. The third-order valence-corrected chi connectivity index (χ3v) is 9.50. The van der Waals surface area contributed by atoms with Crippen LogP contribution in [-0.4, -0.2) is 41.1 Å². The van der Waals surface area contributed by atoms with Crippen LogP contribution in [0.3, 0.4) is 0 Å². The summed E-state index contributed by atoms with van der Waals surface area (Å²) in [6, 6.07) is 16.2. The number of thiophene rings is 1. The zero-order valence-electron chi connectivity index (χ0n) is 21.1. The van der Waals surface area contributed by atoms with E-state index in [4.69, 9.17) is 0 Å². The minimum Gasteiger partial charge on any atom is -0.332 e. The zero-order chi connectivity index (χ0) is 26.6. The normalized spacial score (nSPS) is 12.7. The van der Waals surface area contributed by atoms with Crippen molar-refractivity contribution in [1.82, 2.24) is 14.2 Å². The lowest BCUT2D eigenvalue weighted by Crippen LogP contribution is -2.46. The smallest absolute Gasteiger partial charge is 0.245 e. The monoisotopic (exact) mass is 539 g/mol. The Hall–Kier alpha value is -3.14. The molecule has 0 saturated carbocycles. The van der Waals surface area contributed by atoms with Crippen molar-refractivity contribution >= 4 is 38.2 Å². The molecule has 37 heavy (non-hydrogen) atoms. The van der Waals surface area contributed by atoms with E-state index in [1.807, 2.05) is 37.4 Å². The number of sulfonamides is 1. The second-order valence-electron chi connectivity index (χ2n) is 9.04. The van der Waals surface area contributed by atoms with Crippen molar-refractivity contribution in [3.8, 4) is 0 Å². The van der Waals surface area contributed by atoms with E-state index in [0.29, 0.717) is 23.9 Å². The lowest BCUT2D eigenvalue weighted by molar-refractivity contribution is -0.133. The van der Waals surface area contributed by atoms with E-state index in [1.165, 1.54) is 22.5 Å². The van der Waals surface area contributed by atoms with E-state index >= 15 is 0 Å². The first-order valence-corrected chi connectivity index (χ1v) is 14.4. The van der Waals surface area contributed by atoms with Crippen LogP contribution in [0, 0.1) is 12.7 Å². The van der Waals surface area contributed by atoms with E-state index < -0.39 is 16.1 Å². The summed E-state index contributed by atoms with van der Waals surface area (Å²) in [7, 11) is -4.04. The largest absolute Gasteiger partial charge is 0.332 e. The van der Waals surface area contributed by atoms with Crippen LogP contribution >= 0.6 is 11.3 Å². The van der Waals surface area contributed by atoms with Gasteiger partial charge < -0.3 is 4.90 Å². The summed E-state index contributed by atoms with van der Waals surface area (Å²) in [5.74, 6) is -0.678. The number of aryl methyl sites for hydroxylation is 1. The van der Waals surface area contributed by atoms with Gasteiger partial charge in [-0.3, -0.25) is 9.78 Å². The van der Waals surface area contributed by atoms with Crippen LogP contribution in [-0.2, 0) is 27.9 Å². The van der Waals surface area contributed by atoms with Gasteiger partial charge in [-0.15, -0.1) is 11.3 Å². The number of carbonyl (C=O) groups excluding carboxylic acids is 1. The van der Waals surface area contributed by atoms with Crippen LogP contribution in [0.5, 0.6) is 0 Å². The first-order chi connectivity index (χ1) is 17.7. The van der Waals surface area contributed by atoms with Crippen LogP contribution in [0.25, 0.3) is 10.9 Å². The Kier molecular flexibility index (Phi) is 8.36. The number of para-hydroxylation sites is 1. The molecule has 0 saturated heterocycles. The van der Waals surface area contributed by atoms with Gasteiger partial charge in [-0.1, -0.05) is 37.3 Å². The highest BCUT2D eigenvalue weighted by Gasteiger charge is 2.33.